The minimum atomic E-state index is -3.36. The minimum absolute atomic E-state index is 0.179. The molecule has 0 saturated heterocycles. The van der Waals surface area contributed by atoms with Crippen LogP contribution in [0.3, 0.4) is 0 Å². The van der Waals surface area contributed by atoms with Crippen LogP contribution in [0.15, 0.2) is 46.3 Å². The molecule has 0 aliphatic rings. The van der Waals surface area contributed by atoms with Crippen LogP contribution in [-0.2, 0) is 16.4 Å². The highest BCUT2D eigenvalue weighted by molar-refractivity contribution is 7.90. The van der Waals surface area contributed by atoms with Crippen LogP contribution in [0, 0.1) is 12.3 Å². The van der Waals surface area contributed by atoms with E-state index in [9.17, 15) is 13.2 Å². The summed E-state index contributed by atoms with van der Waals surface area (Å²) < 4.78 is 25.9. The second-order valence-corrected chi connectivity index (χ2v) is 9.49. The van der Waals surface area contributed by atoms with Crippen LogP contribution < -0.4 is 4.80 Å². The summed E-state index contributed by atoms with van der Waals surface area (Å²) in [6.45, 7) is 0.179. The van der Waals surface area contributed by atoms with Crippen molar-refractivity contribution in [2.24, 2.45) is 4.99 Å². The predicted molar refractivity (Wildman–Crippen MR) is 108 cm³/mol. The molecule has 3 rings (SSSR count). The third-order valence-electron chi connectivity index (χ3n) is 3.69. The molecule has 0 fully saturated rings. The predicted octanol–water partition coefficient (Wildman–Crippen LogP) is 3.79. The first-order chi connectivity index (χ1) is 12.7. The lowest BCUT2D eigenvalue weighted by Crippen LogP contribution is -2.16. The zero-order chi connectivity index (χ0) is 19.8. The number of carbonyl (C=O) groups is 1. The third kappa shape index (κ3) is 4.09. The Kier molecular flexibility index (Phi) is 5.45. The maximum atomic E-state index is 12.6. The number of hydrogen-bond acceptors (Lipinski definition) is 4. The average Bonchev–Trinajstić information content (AvgIpc) is 2.91. The van der Waals surface area contributed by atoms with Gasteiger partial charge in [0.2, 0.25) is 0 Å². The van der Waals surface area contributed by atoms with Gasteiger partial charge in [-0.15, -0.1) is 6.42 Å². The highest BCUT2D eigenvalue weighted by Gasteiger charge is 2.14. The molecule has 0 radical (unpaired) electrons. The number of halogens is 2. The van der Waals surface area contributed by atoms with Crippen LogP contribution >= 0.6 is 34.5 Å². The van der Waals surface area contributed by atoms with E-state index in [1.54, 1.807) is 22.8 Å². The molecule has 0 saturated carbocycles. The first-order valence-electron chi connectivity index (χ1n) is 7.51. The second kappa shape index (κ2) is 7.49. The summed E-state index contributed by atoms with van der Waals surface area (Å²) in [6, 6.07) is 9.20. The van der Waals surface area contributed by atoms with Crippen molar-refractivity contribution in [3.63, 3.8) is 0 Å². The van der Waals surface area contributed by atoms with Gasteiger partial charge in [0, 0.05) is 11.3 Å². The van der Waals surface area contributed by atoms with E-state index < -0.39 is 15.7 Å². The number of nitrogens with zero attached hydrogens (tertiary/aromatic N) is 2. The first kappa shape index (κ1) is 19.6. The second-order valence-electron chi connectivity index (χ2n) is 5.62. The van der Waals surface area contributed by atoms with E-state index in [0.717, 1.165) is 6.26 Å². The molecule has 5 nitrogen and oxygen atoms in total. The molecule has 0 spiro atoms. The Morgan fingerprint density at radius 3 is 2.63 bits per heavy atom. The van der Waals surface area contributed by atoms with Gasteiger partial charge in [-0.1, -0.05) is 40.5 Å². The van der Waals surface area contributed by atoms with Crippen molar-refractivity contribution in [3.8, 4) is 12.3 Å². The molecule has 0 atom stereocenters. The maximum Gasteiger partial charge on any atom is 0.281 e. The van der Waals surface area contributed by atoms with Crippen molar-refractivity contribution in [1.82, 2.24) is 4.57 Å². The molecular formula is C18H12Cl2N2O3S2. The van der Waals surface area contributed by atoms with Crippen molar-refractivity contribution in [1.29, 1.82) is 0 Å². The van der Waals surface area contributed by atoms with Gasteiger partial charge in [-0.25, -0.2) is 8.42 Å². The molecule has 0 aliphatic heterocycles. The summed E-state index contributed by atoms with van der Waals surface area (Å²) in [5.41, 5.74) is 0.904. The monoisotopic (exact) mass is 438 g/mol. The van der Waals surface area contributed by atoms with Crippen LogP contribution in [0.1, 0.15) is 10.4 Å². The van der Waals surface area contributed by atoms with Crippen molar-refractivity contribution >= 4 is 60.5 Å². The number of benzene rings is 2. The number of fused-ring (bicyclic) bond motifs is 1. The molecule has 1 aromatic heterocycles. The summed E-state index contributed by atoms with van der Waals surface area (Å²) in [6.07, 6.45) is 6.57. The summed E-state index contributed by atoms with van der Waals surface area (Å²) in [7, 11) is -3.36. The van der Waals surface area contributed by atoms with Gasteiger partial charge in [-0.3, -0.25) is 4.79 Å². The highest BCUT2D eigenvalue weighted by atomic mass is 35.5. The largest absolute Gasteiger partial charge is 0.305 e. The highest BCUT2D eigenvalue weighted by Crippen LogP contribution is 2.23. The zero-order valence-corrected chi connectivity index (χ0v) is 17.1. The van der Waals surface area contributed by atoms with E-state index in [0.29, 0.717) is 20.0 Å². The number of hydrogen-bond donors (Lipinski definition) is 0. The molecule has 1 heterocycles. The summed E-state index contributed by atoms with van der Waals surface area (Å²) in [4.78, 5) is 17.2. The Morgan fingerprint density at radius 2 is 2.00 bits per heavy atom. The molecule has 9 heteroatoms. The number of rotatable bonds is 3. The number of sulfone groups is 1. The van der Waals surface area contributed by atoms with Crippen LogP contribution in [0.2, 0.25) is 10.0 Å². The Hall–Kier alpha value is -2.11. The van der Waals surface area contributed by atoms with E-state index in [1.165, 1.54) is 29.5 Å². The first-order valence-corrected chi connectivity index (χ1v) is 11.0. The number of aromatic nitrogens is 1. The topological polar surface area (TPSA) is 68.5 Å². The number of thiazole rings is 1. The Labute approximate surface area is 169 Å². The summed E-state index contributed by atoms with van der Waals surface area (Å²) in [5, 5.41) is 0.606. The lowest BCUT2D eigenvalue weighted by atomic mass is 10.2. The van der Waals surface area contributed by atoms with Crippen molar-refractivity contribution < 1.29 is 13.2 Å². The maximum absolute atomic E-state index is 12.6. The molecule has 138 valence electrons. The SMILES string of the molecule is C#CCn1c(=NC(=O)c2ccc(Cl)cc2Cl)sc2cc(S(C)(=O)=O)ccc21. The fourth-order valence-corrected chi connectivity index (χ4v) is 4.70. The molecule has 0 N–H and O–H groups in total. The van der Waals surface area contributed by atoms with E-state index in [4.69, 9.17) is 29.6 Å². The van der Waals surface area contributed by atoms with Crippen LogP contribution in [0.25, 0.3) is 10.2 Å². The molecule has 0 bridgehead atoms. The molecule has 0 unspecified atom stereocenters. The van der Waals surface area contributed by atoms with Crippen LogP contribution in [-0.4, -0.2) is 25.1 Å². The quantitative estimate of drug-likeness (QED) is 0.584. The Balaban J connectivity index is 2.20. The lowest BCUT2D eigenvalue weighted by molar-refractivity contribution is 0.0998. The molecular weight excluding hydrogens is 427 g/mol. The Bertz CT molecular complexity index is 1280. The summed E-state index contributed by atoms with van der Waals surface area (Å²) in [5.74, 6) is 1.97. The number of amides is 1. The van der Waals surface area contributed by atoms with Crippen LogP contribution in [0.5, 0.6) is 0 Å². The van der Waals surface area contributed by atoms with E-state index >= 15 is 0 Å². The van der Waals surface area contributed by atoms with Gasteiger partial charge >= 0.3 is 0 Å². The molecule has 2 aromatic carbocycles. The van der Waals surface area contributed by atoms with E-state index in [-0.39, 0.29) is 22.0 Å². The number of carbonyl (C=O) groups excluding carboxylic acids is 1. The van der Waals surface area contributed by atoms with Gasteiger partial charge in [0.05, 0.1) is 32.2 Å². The smallest absolute Gasteiger partial charge is 0.281 e. The van der Waals surface area contributed by atoms with E-state index in [2.05, 4.69) is 10.9 Å². The van der Waals surface area contributed by atoms with Gasteiger partial charge in [-0.2, -0.15) is 4.99 Å². The molecule has 3 aromatic rings. The minimum Gasteiger partial charge on any atom is -0.305 e. The fraction of sp³-hybridized carbons (Fsp3) is 0.111. The van der Waals surface area contributed by atoms with Gasteiger partial charge in [-0.05, 0) is 36.4 Å². The molecule has 27 heavy (non-hydrogen) atoms. The Morgan fingerprint density at radius 1 is 1.26 bits per heavy atom. The molecule has 0 aliphatic carbocycles. The molecule has 1 amide bonds. The lowest BCUT2D eigenvalue weighted by Gasteiger charge is -2.02. The standard InChI is InChI=1S/C18H12Cl2N2O3S2/c1-3-8-22-15-7-5-12(27(2,24)25)10-16(15)26-18(22)21-17(23)13-6-4-11(19)9-14(13)20/h1,4-7,9-10H,8H2,2H3. The zero-order valence-electron chi connectivity index (χ0n) is 13.9. The van der Waals surface area contributed by atoms with Crippen molar-refractivity contribution in [2.75, 3.05) is 6.26 Å². The third-order valence-corrected chi connectivity index (χ3v) is 6.39. The normalized spacial score (nSPS) is 12.3. The van der Waals surface area contributed by atoms with Crippen LogP contribution in [0.4, 0.5) is 0 Å². The fourth-order valence-electron chi connectivity index (χ4n) is 2.42. The summed E-state index contributed by atoms with van der Waals surface area (Å²) >= 11 is 13.1. The number of terminal acetylenes is 1. The van der Waals surface area contributed by atoms with Gasteiger partial charge in [0.25, 0.3) is 5.91 Å². The van der Waals surface area contributed by atoms with E-state index in [1.807, 2.05) is 0 Å². The average molecular weight is 439 g/mol. The van der Waals surface area contributed by atoms with Gasteiger partial charge < -0.3 is 4.57 Å². The van der Waals surface area contributed by atoms with Gasteiger partial charge in [0.1, 0.15) is 0 Å². The van der Waals surface area contributed by atoms with Gasteiger partial charge in [0.15, 0.2) is 14.6 Å². The van der Waals surface area contributed by atoms with Crippen molar-refractivity contribution in [3.05, 3.63) is 56.8 Å². The van der Waals surface area contributed by atoms with Crippen molar-refractivity contribution in [2.45, 2.75) is 11.4 Å².